The first-order valence-electron chi connectivity index (χ1n) is 7.98. The van der Waals surface area contributed by atoms with Crippen molar-refractivity contribution in [3.05, 3.63) is 57.6 Å². The van der Waals surface area contributed by atoms with Crippen LogP contribution in [-0.2, 0) is 11.2 Å². The van der Waals surface area contributed by atoms with E-state index in [4.69, 9.17) is 17.0 Å². The number of halogens is 1. The molecular weight excluding hydrogens is 400 g/mol. The molecule has 2 aromatic carbocycles. The van der Waals surface area contributed by atoms with E-state index in [0.29, 0.717) is 5.75 Å². The molecule has 4 nitrogen and oxygen atoms in total. The number of rotatable bonds is 5. The number of amides is 1. The summed E-state index contributed by atoms with van der Waals surface area (Å²) in [6, 6.07) is 11.8. The van der Waals surface area contributed by atoms with Gasteiger partial charge in [-0.05, 0) is 83.3 Å². The number of nitrogens with one attached hydrogen (secondary N) is 2. The van der Waals surface area contributed by atoms with Crippen molar-refractivity contribution in [2.75, 3.05) is 11.9 Å². The van der Waals surface area contributed by atoms with Crippen LogP contribution in [-0.4, -0.2) is 17.6 Å². The molecule has 0 fully saturated rings. The number of thiocarbonyl (C=S) groups is 1. The number of benzene rings is 2. The Morgan fingerprint density at radius 3 is 2.64 bits per heavy atom. The van der Waals surface area contributed by atoms with E-state index in [-0.39, 0.29) is 17.6 Å². The lowest BCUT2D eigenvalue weighted by Gasteiger charge is -2.13. The molecule has 0 radical (unpaired) electrons. The predicted molar refractivity (Wildman–Crippen MR) is 109 cm³/mol. The molecular formula is C19H21BrN2O2S. The van der Waals surface area contributed by atoms with Crippen LogP contribution in [0.15, 0.2) is 40.9 Å². The summed E-state index contributed by atoms with van der Waals surface area (Å²) in [4.78, 5) is 12.0. The first-order chi connectivity index (χ1) is 11.9. The number of hydrogen-bond acceptors (Lipinski definition) is 3. The van der Waals surface area contributed by atoms with Crippen molar-refractivity contribution >= 4 is 44.9 Å². The SMILES string of the molecule is CCc1ccc(OCC(=O)NC(=S)Nc2cc(C)ccc2C)c(Br)c1. The van der Waals surface area contributed by atoms with E-state index in [9.17, 15) is 4.79 Å². The van der Waals surface area contributed by atoms with E-state index in [1.165, 1.54) is 5.56 Å². The minimum absolute atomic E-state index is 0.112. The van der Waals surface area contributed by atoms with Gasteiger partial charge in [0.1, 0.15) is 5.75 Å². The number of aryl methyl sites for hydroxylation is 3. The van der Waals surface area contributed by atoms with Crippen molar-refractivity contribution in [3.8, 4) is 5.75 Å². The van der Waals surface area contributed by atoms with Gasteiger partial charge in [0.25, 0.3) is 5.91 Å². The smallest absolute Gasteiger partial charge is 0.264 e. The van der Waals surface area contributed by atoms with Gasteiger partial charge in [0.2, 0.25) is 0 Å². The van der Waals surface area contributed by atoms with Gasteiger partial charge in [0.05, 0.1) is 4.47 Å². The summed E-state index contributed by atoms with van der Waals surface area (Å²) < 4.78 is 6.38. The molecule has 25 heavy (non-hydrogen) atoms. The standard InChI is InChI=1S/C19H21BrN2O2S/c1-4-14-7-8-17(15(20)10-14)24-11-18(23)22-19(25)21-16-9-12(2)5-6-13(16)3/h5-10H,4,11H2,1-3H3,(H2,21,22,23,25). The zero-order valence-corrected chi connectivity index (χ0v) is 16.9. The second-order valence-electron chi connectivity index (χ2n) is 5.73. The largest absolute Gasteiger partial charge is 0.483 e. The molecule has 0 spiro atoms. The van der Waals surface area contributed by atoms with Crippen LogP contribution in [0.4, 0.5) is 5.69 Å². The van der Waals surface area contributed by atoms with Gasteiger partial charge in [-0.15, -0.1) is 0 Å². The molecule has 0 saturated heterocycles. The van der Waals surface area contributed by atoms with Gasteiger partial charge >= 0.3 is 0 Å². The van der Waals surface area contributed by atoms with E-state index in [1.807, 2.05) is 50.2 Å². The maximum atomic E-state index is 12.0. The fourth-order valence-electron chi connectivity index (χ4n) is 2.21. The third-order valence-corrected chi connectivity index (χ3v) is 4.48. The van der Waals surface area contributed by atoms with Crippen LogP contribution >= 0.6 is 28.1 Å². The number of hydrogen-bond donors (Lipinski definition) is 2. The monoisotopic (exact) mass is 420 g/mol. The highest BCUT2D eigenvalue weighted by atomic mass is 79.9. The first-order valence-corrected chi connectivity index (χ1v) is 9.18. The van der Waals surface area contributed by atoms with Gasteiger partial charge < -0.3 is 10.1 Å². The normalized spacial score (nSPS) is 10.2. The average molecular weight is 421 g/mol. The van der Waals surface area contributed by atoms with E-state index in [2.05, 4.69) is 33.5 Å². The Balaban J connectivity index is 1.87. The molecule has 0 aliphatic heterocycles. The zero-order valence-electron chi connectivity index (χ0n) is 14.5. The third kappa shape index (κ3) is 5.83. The highest BCUT2D eigenvalue weighted by Gasteiger charge is 2.09. The molecule has 0 aliphatic rings. The molecule has 0 unspecified atom stereocenters. The molecule has 0 bridgehead atoms. The second kappa shape index (κ2) is 8.97. The zero-order chi connectivity index (χ0) is 18.4. The maximum absolute atomic E-state index is 12.0. The first kappa shape index (κ1) is 19.4. The van der Waals surface area contributed by atoms with Crippen molar-refractivity contribution in [1.29, 1.82) is 0 Å². The Morgan fingerprint density at radius 2 is 1.96 bits per heavy atom. The van der Waals surface area contributed by atoms with Crippen LogP contribution in [0, 0.1) is 13.8 Å². The Hall–Kier alpha value is -1.92. The Morgan fingerprint density at radius 1 is 1.20 bits per heavy atom. The quantitative estimate of drug-likeness (QED) is 0.697. The molecule has 2 N–H and O–H groups in total. The van der Waals surface area contributed by atoms with Crippen LogP contribution < -0.4 is 15.4 Å². The molecule has 1 amide bonds. The van der Waals surface area contributed by atoms with Gasteiger partial charge in [-0.2, -0.15) is 0 Å². The lowest BCUT2D eigenvalue weighted by molar-refractivity contribution is -0.121. The molecule has 2 aromatic rings. The number of anilines is 1. The Labute approximate surface area is 162 Å². The minimum Gasteiger partial charge on any atom is -0.483 e. The summed E-state index contributed by atoms with van der Waals surface area (Å²) in [5, 5.41) is 5.92. The highest BCUT2D eigenvalue weighted by molar-refractivity contribution is 9.10. The van der Waals surface area contributed by atoms with E-state index < -0.39 is 0 Å². The second-order valence-corrected chi connectivity index (χ2v) is 6.99. The Bertz CT molecular complexity index is 793. The molecule has 132 valence electrons. The molecule has 0 atom stereocenters. The molecule has 0 saturated carbocycles. The number of carbonyl (C=O) groups is 1. The van der Waals surface area contributed by atoms with Gasteiger partial charge in [-0.1, -0.05) is 25.1 Å². The Kier molecular flexibility index (Phi) is 6.96. The van der Waals surface area contributed by atoms with Gasteiger partial charge in [-0.25, -0.2) is 0 Å². The third-order valence-electron chi connectivity index (χ3n) is 3.66. The van der Waals surface area contributed by atoms with Gasteiger partial charge in [0.15, 0.2) is 11.7 Å². The minimum atomic E-state index is -0.311. The van der Waals surface area contributed by atoms with Crippen LogP contribution in [0.3, 0.4) is 0 Å². The molecule has 0 heterocycles. The van der Waals surface area contributed by atoms with Crippen LogP contribution in [0.2, 0.25) is 0 Å². The predicted octanol–water partition coefficient (Wildman–Crippen LogP) is 4.52. The number of ether oxygens (including phenoxy) is 1. The summed E-state index contributed by atoms with van der Waals surface area (Å²) in [7, 11) is 0. The van der Waals surface area contributed by atoms with Crippen molar-refractivity contribution < 1.29 is 9.53 Å². The van der Waals surface area contributed by atoms with Gasteiger partial charge in [-0.3, -0.25) is 10.1 Å². The highest BCUT2D eigenvalue weighted by Crippen LogP contribution is 2.26. The summed E-state index contributed by atoms with van der Waals surface area (Å²) in [5.41, 5.74) is 4.25. The van der Waals surface area contributed by atoms with E-state index in [1.54, 1.807) is 0 Å². The summed E-state index contributed by atoms with van der Waals surface area (Å²) in [5.74, 6) is 0.315. The lowest BCUT2D eigenvalue weighted by atomic mass is 10.1. The fourth-order valence-corrected chi connectivity index (χ4v) is 2.98. The van der Waals surface area contributed by atoms with Crippen molar-refractivity contribution in [2.45, 2.75) is 27.2 Å². The lowest BCUT2D eigenvalue weighted by Crippen LogP contribution is -2.37. The summed E-state index contributed by atoms with van der Waals surface area (Å²) in [6.45, 7) is 5.95. The topological polar surface area (TPSA) is 50.4 Å². The molecule has 6 heteroatoms. The van der Waals surface area contributed by atoms with Crippen molar-refractivity contribution in [2.24, 2.45) is 0 Å². The fraction of sp³-hybridized carbons (Fsp3) is 0.263. The van der Waals surface area contributed by atoms with E-state index >= 15 is 0 Å². The van der Waals surface area contributed by atoms with Crippen molar-refractivity contribution in [3.63, 3.8) is 0 Å². The molecule has 0 aliphatic carbocycles. The molecule has 2 rings (SSSR count). The van der Waals surface area contributed by atoms with Crippen LogP contribution in [0.25, 0.3) is 0 Å². The van der Waals surface area contributed by atoms with Crippen LogP contribution in [0.1, 0.15) is 23.6 Å². The van der Waals surface area contributed by atoms with Crippen LogP contribution in [0.5, 0.6) is 5.75 Å². The maximum Gasteiger partial charge on any atom is 0.264 e. The summed E-state index contributed by atoms with van der Waals surface area (Å²) >= 11 is 8.65. The number of carbonyl (C=O) groups excluding carboxylic acids is 1. The molecule has 0 aromatic heterocycles. The van der Waals surface area contributed by atoms with Gasteiger partial charge in [0, 0.05) is 5.69 Å². The van der Waals surface area contributed by atoms with E-state index in [0.717, 1.165) is 27.7 Å². The summed E-state index contributed by atoms with van der Waals surface area (Å²) in [6.07, 6.45) is 0.942. The average Bonchev–Trinajstić information content (AvgIpc) is 2.56. The van der Waals surface area contributed by atoms with Crippen molar-refractivity contribution in [1.82, 2.24) is 5.32 Å².